The second-order valence-electron chi connectivity index (χ2n) is 22.9. The zero-order valence-electron chi connectivity index (χ0n) is 38.6. The van der Waals surface area contributed by atoms with E-state index in [1.807, 2.05) is 6.92 Å². The van der Waals surface area contributed by atoms with Gasteiger partial charge in [-0.3, -0.25) is 4.79 Å². The van der Waals surface area contributed by atoms with Gasteiger partial charge in [0.2, 0.25) is 6.29 Å². The number of aliphatic hydroxyl groups is 11. The molecule has 8 rings (SSSR count). The Morgan fingerprint density at radius 1 is 0.677 bits per heavy atom. The Balaban J connectivity index is 1.02. The predicted molar refractivity (Wildman–Crippen MR) is 226 cm³/mol. The molecule has 65 heavy (non-hydrogen) atoms. The van der Waals surface area contributed by atoms with Crippen LogP contribution in [0.25, 0.3) is 0 Å². The highest BCUT2D eigenvalue weighted by molar-refractivity contribution is 5.79. The Bertz CT molecular complexity index is 1760. The zero-order valence-corrected chi connectivity index (χ0v) is 38.6. The molecule has 0 amide bonds. The van der Waals surface area contributed by atoms with E-state index in [0.717, 1.165) is 38.5 Å². The number of hydrogen-bond acceptors (Lipinski definition) is 18. The molecule has 0 radical (unpaired) electrons. The quantitative estimate of drug-likeness (QED) is 0.0808. The summed E-state index contributed by atoms with van der Waals surface area (Å²) in [6, 6.07) is 0. The second kappa shape index (κ2) is 17.8. The topological polar surface area (TPSA) is 295 Å². The molecule has 8 aliphatic rings. The van der Waals surface area contributed by atoms with Crippen molar-refractivity contribution in [1.29, 1.82) is 0 Å². The molecule has 0 aromatic heterocycles. The fourth-order valence-electron chi connectivity index (χ4n) is 14.8. The van der Waals surface area contributed by atoms with E-state index in [-0.39, 0.29) is 52.6 Å². The van der Waals surface area contributed by atoms with Gasteiger partial charge < -0.3 is 84.6 Å². The third-order valence-corrected chi connectivity index (χ3v) is 19.1. The van der Waals surface area contributed by atoms with E-state index in [4.69, 9.17) is 28.4 Å². The van der Waals surface area contributed by atoms with Crippen LogP contribution in [0.5, 0.6) is 0 Å². The summed E-state index contributed by atoms with van der Waals surface area (Å²) >= 11 is 0. The summed E-state index contributed by atoms with van der Waals surface area (Å²) in [6.07, 6.45) is -12.5. The minimum atomic E-state index is -1.75. The smallest absolute Gasteiger partial charge is 0.315 e. The van der Waals surface area contributed by atoms with E-state index < -0.39 is 122 Å². The van der Waals surface area contributed by atoms with Gasteiger partial charge in [0.1, 0.15) is 67.1 Å². The van der Waals surface area contributed by atoms with E-state index in [9.17, 15) is 61.0 Å². The number of ether oxygens (including phenoxy) is 6. The molecule has 11 N–H and O–H groups in total. The minimum absolute atomic E-state index is 0.00679. The summed E-state index contributed by atoms with van der Waals surface area (Å²) in [7, 11) is 0. The van der Waals surface area contributed by atoms with Crippen molar-refractivity contribution < 1.29 is 89.4 Å². The molecule has 3 heterocycles. The summed E-state index contributed by atoms with van der Waals surface area (Å²) in [6.45, 7) is 11.8. The van der Waals surface area contributed by atoms with E-state index >= 15 is 0 Å². The molecule has 0 unspecified atom stereocenters. The lowest BCUT2D eigenvalue weighted by Crippen LogP contribution is -2.67. The highest BCUT2D eigenvalue weighted by atomic mass is 16.7. The summed E-state index contributed by atoms with van der Waals surface area (Å²) in [4.78, 5) is 14.7. The molecule has 0 aromatic rings. The third kappa shape index (κ3) is 7.80. The van der Waals surface area contributed by atoms with Crippen LogP contribution in [0, 0.1) is 50.2 Å². The molecule has 18 heteroatoms. The van der Waals surface area contributed by atoms with Gasteiger partial charge in [0.15, 0.2) is 12.6 Å². The summed E-state index contributed by atoms with van der Waals surface area (Å²) in [5.74, 6) is -0.472. The van der Waals surface area contributed by atoms with E-state index in [2.05, 4.69) is 40.7 Å². The largest absolute Gasteiger partial charge is 0.432 e. The average molecular weight is 929 g/mol. The highest BCUT2D eigenvalue weighted by Crippen LogP contribution is 2.76. The van der Waals surface area contributed by atoms with Crippen LogP contribution in [0.4, 0.5) is 0 Å². The van der Waals surface area contributed by atoms with Crippen LogP contribution < -0.4 is 0 Å². The first-order chi connectivity index (χ1) is 30.5. The molecular weight excluding hydrogens is 852 g/mol. The Kier molecular flexibility index (Phi) is 13.7. The van der Waals surface area contributed by atoms with Gasteiger partial charge in [0, 0.05) is 5.41 Å². The number of carbonyl (C=O) groups excluding carboxylic acids is 1. The van der Waals surface area contributed by atoms with Crippen LogP contribution in [0.3, 0.4) is 0 Å². The maximum absolute atomic E-state index is 14.7. The van der Waals surface area contributed by atoms with Gasteiger partial charge in [-0.2, -0.15) is 0 Å². The van der Waals surface area contributed by atoms with Gasteiger partial charge in [0.25, 0.3) is 0 Å². The van der Waals surface area contributed by atoms with Gasteiger partial charge in [-0.05, 0) is 104 Å². The molecule has 3 saturated heterocycles. The molecule has 0 bridgehead atoms. The van der Waals surface area contributed by atoms with Gasteiger partial charge in [-0.1, -0.05) is 53.2 Å². The predicted octanol–water partition coefficient (Wildman–Crippen LogP) is -0.248. The van der Waals surface area contributed by atoms with Crippen LogP contribution >= 0.6 is 0 Å². The van der Waals surface area contributed by atoms with Crippen molar-refractivity contribution in [2.45, 2.75) is 198 Å². The van der Waals surface area contributed by atoms with Gasteiger partial charge >= 0.3 is 5.97 Å². The molecule has 18 nitrogen and oxygen atoms in total. The SMILES string of the molecule is CC1(C)CC[C@]2(C(=O)O[C@@H]3O[C@@H](CO)[C@H](O)[C@@H](O)[C@@H]3O)CC[C@]3(C)C(=CC[C@@H]4[C@@]5(C)CC[C@H](O[C@@H]6OC[C@H](O)[C@H](O[C@@H]7O[C@H](CO)[C@@H](O)[C@H](O)[C@H]7O)[C@H]6O)[C@@](C)(CO)[C@@H]5CC[C@]43C)[C@@H]2C1. The van der Waals surface area contributed by atoms with Gasteiger partial charge in [-0.25, -0.2) is 0 Å². The van der Waals surface area contributed by atoms with Crippen LogP contribution in [0.15, 0.2) is 11.6 Å². The fraction of sp³-hybridized carbons (Fsp3) is 0.936. The fourth-order valence-corrected chi connectivity index (χ4v) is 14.8. The van der Waals surface area contributed by atoms with Crippen LogP contribution in [0.2, 0.25) is 0 Å². The summed E-state index contributed by atoms with van der Waals surface area (Å²) in [5.41, 5.74) is -1.25. The number of carbonyl (C=O) groups is 1. The molecular formula is C47H76O18. The first-order valence-corrected chi connectivity index (χ1v) is 23.9. The van der Waals surface area contributed by atoms with Gasteiger partial charge in [0.05, 0.1) is 37.9 Å². The van der Waals surface area contributed by atoms with Crippen molar-refractivity contribution in [2.24, 2.45) is 50.2 Å². The lowest BCUT2D eigenvalue weighted by atomic mass is 9.33. The molecule has 372 valence electrons. The molecule has 3 aliphatic heterocycles. The molecule has 23 atom stereocenters. The van der Waals surface area contributed by atoms with Crippen molar-refractivity contribution in [2.75, 3.05) is 26.4 Å². The monoisotopic (exact) mass is 929 g/mol. The van der Waals surface area contributed by atoms with Crippen LogP contribution in [-0.4, -0.2) is 181 Å². The maximum Gasteiger partial charge on any atom is 0.315 e. The Labute approximate surface area is 380 Å². The summed E-state index contributed by atoms with van der Waals surface area (Å²) in [5, 5.41) is 116. The first-order valence-electron chi connectivity index (χ1n) is 23.9. The van der Waals surface area contributed by atoms with Crippen molar-refractivity contribution in [3.8, 4) is 0 Å². The maximum atomic E-state index is 14.7. The molecule has 7 fully saturated rings. The lowest BCUT2D eigenvalue weighted by molar-refractivity contribution is -0.358. The highest BCUT2D eigenvalue weighted by Gasteiger charge is 2.70. The van der Waals surface area contributed by atoms with Gasteiger partial charge in [-0.15, -0.1) is 0 Å². The first kappa shape index (κ1) is 50.0. The van der Waals surface area contributed by atoms with Crippen LogP contribution in [-0.2, 0) is 33.2 Å². The minimum Gasteiger partial charge on any atom is -0.432 e. The molecule has 4 saturated carbocycles. The molecule has 5 aliphatic carbocycles. The van der Waals surface area contributed by atoms with Crippen molar-refractivity contribution >= 4 is 5.97 Å². The number of rotatable bonds is 9. The zero-order chi connectivity index (χ0) is 47.4. The standard InChI is InChI=1S/C47H76O18/c1-42(2)13-15-47(41(59)65-40-35(57)33(55)31(53)26(19-49)62-40)16-14-45(5)22(23(47)17-42)7-8-28-43(3)11-10-29(44(4,21-50)27(43)9-12-46(28,45)6)63-38-36(58)37(24(51)20-60-38)64-39-34(56)32(54)30(52)25(18-48)61-39/h7,23-40,48-58H,8-21H2,1-6H3/t23-,24-,25+,26-,27+,28+,29-,30+,31-,32-,33+,34+,35-,36+,37-,38-,39-,40-,43-,44-,45+,46+,47-/m0/s1. The Morgan fingerprint density at radius 2 is 1.29 bits per heavy atom. The third-order valence-electron chi connectivity index (χ3n) is 19.1. The number of allylic oxidation sites excluding steroid dienone is 2. The number of aliphatic hydroxyl groups excluding tert-OH is 11. The molecule has 0 spiro atoms. The van der Waals surface area contributed by atoms with E-state index in [0.29, 0.717) is 25.7 Å². The normalized spacial score (nSPS) is 54.3. The number of hydrogen-bond donors (Lipinski definition) is 11. The Morgan fingerprint density at radius 3 is 1.92 bits per heavy atom. The second-order valence-corrected chi connectivity index (χ2v) is 22.9. The average Bonchev–Trinajstić information content (AvgIpc) is 3.26. The number of fused-ring (bicyclic) bond motifs is 7. The number of esters is 1. The van der Waals surface area contributed by atoms with E-state index in [1.165, 1.54) is 5.57 Å². The summed E-state index contributed by atoms with van der Waals surface area (Å²) < 4.78 is 35.4. The van der Waals surface area contributed by atoms with Crippen molar-refractivity contribution in [3.05, 3.63) is 11.6 Å². The van der Waals surface area contributed by atoms with Crippen molar-refractivity contribution in [3.63, 3.8) is 0 Å². The van der Waals surface area contributed by atoms with Crippen molar-refractivity contribution in [1.82, 2.24) is 0 Å². The lowest BCUT2D eigenvalue weighted by Gasteiger charge is -2.71. The van der Waals surface area contributed by atoms with Crippen LogP contribution in [0.1, 0.15) is 106 Å². The molecule has 0 aromatic carbocycles. The van der Waals surface area contributed by atoms with E-state index in [1.54, 1.807) is 0 Å². The Hall–Kier alpha value is -1.43.